The summed E-state index contributed by atoms with van der Waals surface area (Å²) in [6.45, 7) is 8.62. The first-order valence-corrected chi connectivity index (χ1v) is 12.5. The number of Topliss-reactive ketones (excluding diaryl/α,β-unsaturated/α-hetero) is 1. The van der Waals surface area contributed by atoms with Crippen molar-refractivity contribution in [1.29, 1.82) is 0 Å². The molecule has 178 valence electrons. The molecule has 8 nitrogen and oxygen atoms in total. The maximum Gasteiger partial charge on any atom is 0.251 e. The van der Waals surface area contributed by atoms with Gasteiger partial charge >= 0.3 is 0 Å². The Labute approximate surface area is 195 Å². The summed E-state index contributed by atoms with van der Waals surface area (Å²) in [6.07, 6.45) is 0.378. The first-order valence-electron chi connectivity index (χ1n) is 11.0. The van der Waals surface area contributed by atoms with Crippen LogP contribution in [0.4, 0.5) is 0 Å². The summed E-state index contributed by atoms with van der Waals surface area (Å²) in [4.78, 5) is 26.1. The van der Waals surface area contributed by atoms with Crippen molar-refractivity contribution < 1.29 is 22.7 Å². The predicted molar refractivity (Wildman–Crippen MR) is 126 cm³/mol. The summed E-state index contributed by atoms with van der Waals surface area (Å²) < 4.78 is 33.2. The molecule has 9 heteroatoms. The number of sulfonamides is 1. The molecule has 1 fully saturated rings. The van der Waals surface area contributed by atoms with Crippen molar-refractivity contribution in [2.24, 2.45) is 0 Å². The standard InChI is InChI=1S/C24H31N3O5S/c1-17-15-27(16-18(2)32-17)13-12-25-24(29)22-6-4-20(5-7-22)14-26-33(30,31)23-10-8-21(9-11-23)19(3)28/h4-11,17-18,26H,12-16H2,1-3H3,(H,25,29). The second kappa shape index (κ2) is 11.0. The normalized spacial score (nSPS) is 19.2. The second-order valence-electron chi connectivity index (χ2n) is 8.37. The largest absolute Gasteiger partial charge is 0.373 e. The third kappa shape index (κ3) is 7.20. The molecular weight excluding hydrogens is 442 g/mol. The van der Waals surface area contributed by atoms with Crippen LogP contribution in [0.5, 0.6) is 0 Å². The van der Waals surface area contributed by atoms with Gasteiger partial charge in [0, 0.05) is 43.9 Å². The van der Waals surface area contributed by atoms with Crippen LogP contribution in [0.25, 0.3) is 0 Å². The Bertz CT molecular complexity index is 1060. The number of hydrogen-bond donors (Lipinski definition) is 2. The van der Waals surface area contributed by atoms with E-state index in [1.807, 2.05) is 13.8 Å². The molecule has 0 saturated carbocycles. The first kappa shape index (κ1) is 25.0. The number of rotatable bonds is 9. The van der Waals surface area contributed by atoms with E-state index < -0.39 is 10.0 Å². The zero-order valence-electron chi connectivity index (χ0n) is 19.2. The molecule has 0 aliphatic carbocycles. The van der Waals surface area contributed by atoms with E-state index in [4.69, 9.17) is 4.74 Å². The lowest BCUT2D eigenvalue weighted by Gasteiger charge is -2.35. The van der Waals surface area contributed by atoms with Gasteiger partial charge in [0.1, 0.15) is 0 Å². The van der Waals surface area contributed by atoms with Crippen molar-refractivity contribution in [3.8, 4) is 0 Å². The highest BCUT2D eigenvalue weighted by Gasteiger charge is 2.21. The van der Waals surface area contributed by atoms with Crippen molar-refractivity contribution in [3.05, 3.63) is 65.2 Å². The molecule has 2 unspecified atom stereocenters. The van der Waals surface area contributed by atoms with Crippen LogP contribution in [0.3, 0.4) is 0 Å². The van der Waals surface area contributed by atoms with Gasteiger partial charge in [-0.15, -0.1) is 0 Å². The Morgan fingerprint density at radius 3 is 2.12 bits per heavy atom. The van der Waals surface area contributed by atoms with Crippen molar-refractivity contribution in [2.75, 3.05) is 26.2 Å². The van der Waals surface area contributed by atoms with Crippen LogP contribution < -0.4 is 10.0 Å². The molecular formula is C24H31N3O5S. The van der Waals surface area contributed by atoms with Gasteiger partial charge in [0.15, 0.2) is 5.78 Å². The minimum atomic E-state index is -3.71. The van der Waals surface area contributed by atoms with E-state index in [2.05, 4.69) is 14.9 Å². The lowest BCUT2D eigenvalue weighted by Crippen LogP contribution is -2.47. The molecule has 2 N–H and O–H groups in total. The van der Waals surface area contributed by atoms with E-state index in [0.29, 0.717) is 17.7 Å². The Hall–Kier alpha value is -2.59. The zero-order valence-corrected chi connectivity index (χ0v) is 20.0. The SMILES string of the molecule is CC(=O)c1ccc(S(=O)(=O)NCc2ccc(C(=O)NCCN3CC(C)OC(C)C3)cc2)cc1. The summed E-state index contributed by atoms with van der Waals surface area (Å²) in [5.41, 5.74) is 1.70. The van der Waals surface area contributed by atoms with Gasteiger partial charge < -0.3 is 10.1 Å². The molecule has 2 aromatic rings. The predicted octanol–water partition coefficient (Wildman–Crippen LogP) is 2.21. The van der Waals surface area contributed by atoms with Crippen molar-refractivity contribution in [1.82, 2.24) is 14.9 Å². The van der Waals surface area contributed by atoms with Gasteiger partial charge in [-0.2, -0.15) is 0 Å². The highest BCUT2D eigenvalue weighted by atomic mass is 32.2. The number of carbonyl (C=O) groups is 2. The van der Waals surface area contributed by atoms with E-state index in [1.165, 1.54) is 31.2 Å². The lowest BCUT2D eigenvalue weighted by molar-refractivity contribution is -0.0672. The summed E-state index contributed by atoms with van der Waals surface area (Å²) >= 11 is 0. The van der Waals surface area contributed by atoms with Gasteiger partial charge in [-0.25, -0.2) is 13.1 Å². The van der Waals surface area contributed by atoms with Crippen molar-refractivity contribution in [3.63, 3.8) is 0 Å². The summed E-state index contributed by atoms with van der Waals surface area (Å²) in [5.74, 6) is -0.289. The molecule has 0 spiro atoms. The summed E-state index contributed by atoms with van der Waals surface area (Å²) in [6, 6.07) is 12.6. The number of carbonyl (C=O) groups excluding carboxylic acids is 2. The Kier molecular flexibility index (Phi) is 8.36. The van der Waals surface area contributed by atoms with Gasteiger partial charge in [-0.1, -0.05) is 24.3 Å². The number of amides is 1. The van der Waals surface area contributed by atoms with Gasteiger partial charge in [0.2, 0.25) is 10.0 Å². The molecule has 33 heavy (non-hydrogen) atoms. The first-order chi connectivity index (χ1) is 15.6. The molecule has 1 amide bonds. The van der Waals surface area contributed by atoms with Gasteiger partial charge in [0.05, 0.1) is 17.1 Å². The van der Waals surface area contributed by atoms with Crippen LogP contribution in [0.1, 0.15) is 47.1 Å². The maximum atomic E-state index is 12.5. The molecule has 1 aliphatic heterocycles. The molecule has 2 atom stereocenters. The van der Waals surface area contributed by atoms with E-state index in [9.17, 15) is 18.0 Å². The number of benzene rings is 2. The number of nitrogens with one attached hydrogen (secondary N) is 2. The number of ketones is 1. The van der Waals surface area contributed by atoms with Crippen molar-refractivity contribution >= 4 is 21.7 Å². The topological polar surface area (TPSA) is 105 Å². The quantitative estimate of drug-likeness (QED) is 0.541. The minimum absolute atomic E-state index is 0.0894. The number of morpholine rings is 1. The summed E-state index contributed by atoms with van der Waals surface area (Å²) in [5, 5.41) is 2.93. The second-order valence-corrected chi connectivity index (χ2v) is 10.1. The highest BCUT2D eigenvalue weighted by molar-refractivity contribution is 7.89. The molecule has 3 rings (SSSR count). The molecule has 1 aliphatic rings. The fourth-order valence-electron chi connectivity index (χ4n) is 3.80. The van der Waals surface area contributed by atoms with E-state index in [0.717, 1.165) is 25.2 Å². The smallest absolute Gasteiger partial charge is 0.251 e. The van der Waals surface area contributed by atoms with Crippen LogP contribution >= 0.6 is 0 Å². The van der Waals surface area contributed by atoms with Gasteiger partial charge in [-0.05, 0) is 50.6 Å². The molecule has 1 heterocycles. The number of hydrogen-bond acceptors (Lipinski definition) is 6. The average Bonchev–Trinajstić information content (AvgIpc) is 2.77. The van der Waals surface area contributed by atoms with Crippen LogP contribution in [-0.4, -0.2) is 63.4 Å². The van der Waals surface area contributed by atoms with E-state index in [1.54, 1.807) is 24.3 Å². The maximum absolute atomic E-state index is 12.5. The summed E-state index contributed by atoms with van der Waals surface area (Å²) in [7, 11) is -3.71. The Balaban J connectivity index is 1.48. The molecule has 2 aromatic carbocycles. The molecule has 0 bridgehead atoms. The monoisotopic (exact) mass is 473 g/mol. The third-order valence-electron chi connectivity index (χ3n) is 5.46. The van der Waals surface area contributed by atoms with E-state index >= 15 is 0 Å². The minimum Gasteiger partial charge on any atom is -0.373 e. The Morgan fingerprint density at radius 2 is 1.55 bits per heavy atom. The molecule has 1 saturated heterocycles. The van der Waals surface area contributed by atoms with Crippen LogP contribution in [0.2, 0.25) is 0 Å². The Morgan fingerprint density at radius 1 is 0.970 bits per heavy atom. The number of nitrogens with zero attached hydrogens (tertiary/aromatic N) is 1. The number of ether oxygens (including phenoxy) is 1. The lowest BCUT2D eigenvalue weighted by atomic mass is 10.1. The molecule has 0 radical (unpaired) electrons. The van der Waals surface area contributed by atoms with Gasteiger partial charge in [0.25, 0.3) is 5.91 Å². The average molecular weight is 474 g/mol. The van der Waals surface area contributed by atoms with Crippen LogP contribution in [0.15, 0.2) is 53.4 Å². The fourth-order valence-corrected chi connectivity index (χ4v) is 4.82. The van der Waals surface area contributed by atoms with E-state index in [-0.39, 0.29) is 35.3 Å². The molecule has 0 aromatic heterocycles. The highest BCUT2D eigenvalue weighted by Crippen LogP contribution is 2.13. The third-order valence-corrected chi connectivity index (χ3v) is 6.88. The van der Waals surface area contributed by atoms with Gasteiger partial charge in [-0.3, -0.25) is 14.5 Å². The zero-order chi connectivity index (χ0) is 24.0. The fraction of sp³-hybridized carbons (Fsp3) is 0.417. The van der Waals surface area contributed by atoms with Crippen molar-refractivity contribution in [2.45, 2.75) is 44.4 Å². The van der Waals surface area contributed by atoms with Crippen LogP contribution in [0, 0.1) is 0 Å². The van der Waals surface area contributed by atoms with Crippen LogP contribution in [-0.2, 0) is 21.3 Å².